The van der Waals surface area contributed by atoms with Crippen LogP contribution in [0.2, 0.25) is 0 Å². The zero-order valence-corrected chi connectivity index (χ0v) is 14.6. The zero-order chi connectivity index (χ0) is 17.3. The van der Waals surface area contributed by atoms with Crippen molar-refractivity contribution in [1.29, 1.82) is 0 Å². The number of rotatable bonds is 2. The molecule has 24 heavy (non-hydrogen) atoms. The number of nitrogens with one attached hydrogen (secondary N) is 3. The van der Waals surface area contributed by atoms with Crippen LogP contribution in [0, 0.1) is 5.41 Å². The fraction of sp³-hybridized carbons (Fsp3) is 0.368. The Kier molecular flexibility index (Phi) is 4.18. The molecule has 0 fully saturated rings. The highest BCUT2D eigenvalue weighted by molar-refractivity contribution is 5.83. The summed E-state index contributed by atoms with van der Waals surface area (Å²) in [6, 6.07) is 6.04. The molecule has 0 aromatic carbocycles. The summed E-state index contributed by atoms with van der Waals surface area (Å²) in [7, 11) is 0. The maximum atomic E-state index is 12.8. The molecule has 3 rings (SSSR count). The number of hydrogen-bond donors (Lipinski definition) is 3. The molecule has 3 N–H and O–H groups in total. The van der Waals surface area contributed by atoms with E-state index in [4.69, 9.17) is 0 Å². The number of fused-ring (bicyclic) bond motifs is 1. The molecule has 0 spiro atoms. The summed E-state index contributed by atoms with van der Waals surface area (Å²) in [5, 5.41) is 9.55. The fourth-order valence-electron chi connectivity index (χ4n) is 2.66. The van der Waals surface area contributed by atoms with Crippen LogP contribution in [-0.2, 0) is 4.79 Å². The highest BCUT2D eigenvalue weighted by atomic mass is 16.2. The van der Waals surface area contributed by atoms with Crippen molar-refractivity contribution in [3.05, 3.63) is 60.2 Å². The average molecular weight is 325 g/mol. The summed E-state index contributed by atoms with van der Waals surface area (Å²) in [5.41, 5.74) is 3.04. The number of carbonyl (C=O) groups is 1. The van der Waals surface area contributed by atoms with Gasteiger partial charge in [-0.3, -0.25) is 4.79 Å². The maximum absolute atomic E-state index is 12.8. The Labute approximate surface area is 143 Å². The molecule has 1 aromatic heterocycles. The van der Waals surface area contributed by atoms with E-state index in [9.17, 15) is 4.79 Å². The fourth-order valence-corrected chi connectivity index (χ4v) is 2.66. The number of nitrogens with zero attached hydrogens (tertiary/aromatic N) is 1. The van der Waals surface area contributed by atoms with Crippen molar-refractivity contribution < 1.29 is 9.36 Å². The van der Waals surface area contributed by atoms with E-state index in [-0.39, 0.29) is 17.4 Å². The minimum atomic E-state index is -0.440. The molecule has 126 valence electrons. The largest absolute Gasteiger partial charge is 0.368 e. The molecule has 2 unspecified atom stereocenters. The van der Waals surface area contributed by atoms with E-state index < -0.39 is 6.17 Å². The lowest BCUT2D eigenvalue weighted by Gasteiger charge is -2.28. The Bertz CT molecular complexity index is 726. The van der Waals surface area contributed by atoms with Gasteiger partial charge in [0.1, 0.15) is 5.70 Å². The minimum absolute atomic E-state index is 0.0141. The minimum Gasteiger partial charge on any atom is -0.368 e. The van der Waals surface area contributed by atoms with Gasteiger partial charge in [-0.15, -0.1) is 0 Å². The number of carbonyl (C=O) groups excluding carboxylic acids is 1. The molecule has 3 heterocycles. The van der Waals surface area contributed by atoms with Crippen LogP contribution in [0.1, 0.15) is 39.6 Å². The molecule has 0 bridgehead atoms. The number of dihydropyridines is 1. The lowest BCUT2D eigenvalue weighted by Crippen LogP contribution is -2.54. The molecule has 1 aromatic rings. The van der Waals surface area contributed by atoms with Crippen molar-refractivity contribution in [3.8, 4) is 0 Å². The number of amides is 1. The topological polar surface area (TPSA) is 57.0 Å². The van der Waals surface area contributed by atoms with Crippen molar-refractivity contribution in [2.45, 2.75) is 39.9 Å². The van der Waals surface area contributed by atoms with E-state index in [1.54, 1.807) is 0 Å². The number of aromatic nitrogens is 1. The standard InChI is InChI=1S/C19H24N4O/c1-13(19(2,3)4)21-18(24)17-22-16(14-8-10-20-11-9-14)15-7-5-6-12-23(15)17/h5-13,17,22H,1-4H3,(H,21,24)/p+1. The molecular formula is C19H25N4O+. The second-order valence-electron chi connectivity index (χ2n) is 7.30. The van der Waals surface area contributed by atoms with Crippen LogP contribution in [-0.4, -0.2) is 11.9 Å². The summed E-state index contributed by atoms with van der Waals surface area (Å²) in [6.45, 7) is 8.42. The molecule has 0 radical (unpaired) electrons. The molecule has 2 aliphatic heterocycles. The first-order valence-corrected chi connectivity index (χ1v) is 8.29. The van der Waals surface area contributed by atoms with Crippen LogP contribution in [0.15, 0.2) is 54.5 Å². The average Bonchev–Trinajstić information content (AvgIpc) is 2.94. The van der Waals surface area contributed by atoms with Crippen molar-refractivity contribution in [2.75, 3.05) is 0 Å². The van der Waals surface area contributed by atoms with Gasteiger partial charge in [-0.1, -0.05) is 20.8 Å². The van der Waals surface area contributed by atoms with Crippen LogP contribution in [0.5, 0.6) is 0 Å². The predicted molar refractivity (Wildman–Crippen MR) is 94.2 cm³/mol. The normalized spacial score (nSPS) is 20.2. The van der Waals surface area contributed by atoms with Gasteiger partial charge in [0.05, 0.1) is 0 Å². The van der Waals surface area contributed by atoms with Crippen molar-refractivity contribution >= 4 is 11.6 Å². The Hall–Kier alpha value is -2.56. The van der Waals surface area contributed by atoms with Gasteiger partial charge in [-0.05, 0) is 30.6 Å². The Balaban J connectivity index is 1.92. The molecule has 0 aliphatic carbocycles. The van der Waals surface area contributed by atoms with Gasteiger partial charge in [0.25, 0.3) is 0 Å². The number of allylic oxidation sites excluding steroid dienone is 3. The molecule has 0 saturated carbocycles. The van der Waals surface area contributed by atoms with E-state index in [2.05, 4.69) is 36.7 Å². The monoisotopic (exact) mass is 325 g/mol. The Morgan fingerprint density at radius 2 is 1.96 bits per heavy atom. The molecule has 5 heteroatoms. The van der Waals surface area contributed by atoms with Crippen LogP contribution in [0.4, 0.5) is 0 Å². The molecule has 2 atom stereocenters. The summed E-state index contributed by atoms with van der Waals surface area (Å²) in [4.78, 5) is 12.8. The number of hydrogen-bond acceptors (Lipinski definition) is 3. The van der Waals surface area contributed by atoms with Gasteiger partial charge in [-0.25, -0.2) is 0 Å². The van der Waals surface area contributed by atoms with Crippen molar-refractivity contribution in [3.63, 3.8) is 0 Å². The smallest absolute Gasteiger partial charge is 0.311 e. The second kappa shape index (κ2) is 6.15. The first-order chi connectivity index (χ1) is 11.4. The van der Waals surface area contributed by atoms with Gasteiger partial charge in [0, 0.05) is 36.1 Å². The van der Waals surface area contributed by atoms with E-state index in [0.29, 0.717) is 0 Å². The quantitative estimate of drug-likeness (QED) is 0.729. The van der Waals surface area contributed by atoms with Gasteiger partial charge in [-0.2, -0.15) is 4.57 Å². The molecule has 1 amide bonds. The van der Waals surface area contributed by atoms with E-state index in [1.807, 2.05) is 60.4 Å². The van der Waals surface area contributed by atoms with E-state index >= 15 is 0 Å². The van der Waals surface area contributed by atoms with Crippen LogP contribution in [0.3, 0.4) is 0 Å². The van der Waals surface area contributed by atoms with Crippen LogP contribution < -0.4 is 20.5 Å². The van der Waals surface area contributed by atoms with Crippen molar-refractivity contribution in [1.82, 2.24) is 16.0 Å². The predicted octanol–water partition coefficient (Wildman–Crippen LogP) is 1.97. The SMILES string of the molecule is CC(NC(=O)C1NC(=C2C=CNC=C2)c2cccc[n+]21)C(C)(C)C. The summed E-state index contributed by atoms with van der Waals surface area (Å²) < 4.78 is 1.98. The molecular weight excluding hydrogens is 300 g/mol. The third kappa shape index (κ3) is 3.07. The zero-order valence-electron chi connectivity index (χ0n) is 14.6. The highest BCUT2D eigenvalue weighted by Crippen LogP contribution is 2.24. The maximum Gasteiger partial charge on any atom is 0.311 e. The lowest BCUT2D eigenvalue weighted by molar-refractivity contribution is -0.705. The van der Waals surface area contributed by atoms with Gasteiger partial charge < -0.3 is 16.0 Å². The first kappa shape index (κ1) is 16.3. The van der Waals surface area contributed by atoms with Gasteiger partial charge in [0.15, 0.2) is 6.20 Å². The summed E-state index contributed by atoms with van der Waals surface area (Å²) in [6.07, 6.45) is 9.26. The van der Waals surface area contributed by atoms with E-state index in [1.165, 1.54) is 0 Å². The third-order valence-electron chi connectivity index (χ3n) is 4.62. The van der Waals surface area contributed by atoms with E-state index in [0.717, 1.165) is 17.0 Å². The Morgan fingerprint density at radius 1 is 1.25 bits per heavy atom. The Morgan fingerprint density at radius 3 is 2.62 bits per heavy atom. The second-order valence-corrected chi connectivity index (χ2v) is 7.30. The summed E-state index contributed by atoms with van der Waals surface area (Å²) >= 11 is 0. The molecule has 2 aliphatic rings. The van der Waals surface area contributed by atoms with Gasteiger partial charge >= 0.3 is 12.1 Å². The molecule has 0 saturated heterocycles. The summed E-state index contributed by atoms with van der Waals surface area (Å²) in [5.74, 6) is -0.0210. The first-order valence-electron chi connectivity index (χ1n) is 8.29. The van der Waals surface area contributed by atoms with Crippen LogP contribution in [0.25, 0.3) is 5.70 Å². The highest BCUT2D eigenvalue weighted by Gasteiger charge is 2.40. The third-order valence-corrected chi connectivity index (χ3v) is 4.62. The van der Waals surface area contributed by atoms with Crippen LogP contribution >= 0.6 is 0 Å². The van der Waals surface area contributed by atoms with Crippen molar-refractivity contribution in [2.24, 2.45) is 5.41 Å². The molecule has 5 nitrogen and oxygen atoms in total. The van der Waals surface area contributed by atoms with Gasteiger partial charge in [0.2, 0.25) is 5.69 Å². The lowest BCUT2D eigenvalue weighted by atomic mass is 9.88. The number of pyridine rings is 1.